The Morgan fingerprint density at radius 2 is 1.15 bits per heavy atom. The van der Waals surface area contributed by atoms with Crippen LogP contribution in [0.25, 0.3) is 0 Å². The van der Waals surface area contributed by atoms with Crippen LogP contribution in [0.4, 0.5) is 0 Å². The van der Waals surface area contributed by atoms with Gasteiger partial charge in [0.25, 0.3) is 11.8 Å². The van der Waals surface area contributed by atoms with E-state index in [0.717, 1.165) is 0 Å². The number of nitrogens with zero attached hydrogens (tertiary/aromatic N) is 2. The zero-order valence-electron chi connectivity index (χ0n) is 12.5. The zero-order valence-corrected chi connectivity index (χ0v) is 12.5. The number of hydrogen-bond donors (Lipinski definition) is 2. The Kier molecular flexibility index (Phi) is 8.51. The molecule has 0 aromatic heterocycles. The summed E-state index contributed by atoms with van der Waals surface area (Å²) in [6, 6.07) is 0. The number of amides is 2. The van der Waals surface area contributed by atoms with Crippen LogP contribution in [0.1, 0.15) is 26.7 Å². The minimum Gasteiger partial charge on any atom is -0.330 e. The van der Waals surface area contributed by atoms with Gasteiger partial charge in [0.05, 0.1) is 0 Å². The van der Waals surface area contributed by atoms with E-state index < -0.39 is 0 Å². The molecule has 114 valence electrons. The van der Waals surface area contributed by atoms with Gasteiger partial charge in [0.2, 0.25) is 0 Å². The van der Waals surface area contributed by atoms with Gasteiger partial charge in [-0.2, -0.15) is 0 Å². The summed E-state index contributed by atoms with van der Waals surface area (Å²) in [7, 11) is 0. The first-order valence-corrected chi connectivity index (χ1v) is 6.71. The van der Waals surface area contributed by atoms with Crippen LogP contribution in [-0.4, -0.2) is 48.0 Å². The third-order valence-electron chi connectivity index (χ3n) is 2.64. The van der Waals surface area contributed by atoms with Gasteiger partial charge in [-0.25, -0.2) is 10.0 Å². The molecule has 0 radical (unpaired) electrons. The van der Waals surface area contributed by atoms with E-state index in [1.54, 1.807) is 13.8 Å². The molecule has 0 spiro atoms. The van der Waals surface area contributed by atoms with Gasteiger partial charge in [0, 0.05) is 24.2 Å². The van der Waals surface area contributed by atoms with Gasteiger partial charge in [-0.05, 0) is 39.8 Å². The van der Waals surface area contributed by atoms with Crippen LogP contribution in [0.15, 0.2) is 24.3 Å². The van der Waals surface area contributed by atoms with Crippen LogP contribution in [-0.2, 0) is 9.59 Å². The van der Waals surface area contributed by atoms with E-state index in [1.165, 1.54) is 10.0 Å². The first kappa shape index (κ1) is 18.3. The van der Waals surface area contributed by atoms with E-state index in [0.29, 0.717) is 50.2 Å². The Balaban J connectivity index is 5.25. The first-order valence-electron chi connectivity index (χ1n) is 6.71. The van der Waals surface area contributed by atoms with Gasteiger partial charge in [-0.1, -0.05) is 13.2 Å². The van der Waals surface area contributed by atoms with Crippen molar-refractivity contribution in [3.63, 3.8) is 0 Å². The molecule has 0 aliphatic heterocycles. The summed E-state index contributed by atoms with van der Waals surface area (Å²) in [6.07, 6.45) is 1.20. The van der Waals surface area contributed by atoms with Gasteiger partial charge >= 0.3 is 0 Å². The SMILES string of the molecule is C=C(C)C(=O)N(CCCN)N(CCCN)C(=O)C(=C)C. The minimum absolute atomic E-state index is 0.287. The quantitative estimate of drug-likeness (QED) is 0.498. The van der Waals surface area contributed by atoms with Crippen LogP contribution >= 0.6 is 0 Å². The molecule has 0 aliphatic carbocycles. The monoisotopic (exact) mass is 282 g/mol. The fourth-order valence-electron chi connectivity index (χ4n) is 1.59. The second-order valence-electron chi connectivity index (χ2n) is 4.70. The lowest BCUT2D eigenvalue weighted by Gasteiger charge is -2.35. The van der Waals surface area contributed by atoms with E-state index in [4.69, 9.17) is 11.5 Å². The molecule has 0 heterocycles. The molecule has 0 atom stereocenters. The van der Waals surface area contributed by atoms with Crippen LogP contribution in [0.5, 0.6) is 0 Å². The molecule has 0 rings (SSSR count). The summed E-state index contributed by atoms with van der Waals surface area (Å²) in [4.78, 5) is 24.4. The van der Waals surface area contributed by atoms with Crippen molar-refractivity contribution in [1.29, 1.82) is 0 Å². The number of hydrazine groups is 1. The van der Waals surface area contributed by atoms with Crippen molar-refractivity contribution in [2.75, 3.05) is 26.2 Å². The molecule has 6 nitrogen and oxygen atoms in total. The molecule has 0 saturated heterocycles. The van der Waals surface area contributed by atoms with Gasteiger partial charge in [0.1, 0.15) is 0 Å². The Hall–Kier alpha value is -1.66. The maximum Gasteiger partial charge on any atom is 0.267 e. The summed E-state index contributed by atoms with van der Waals surface area (Å²) in [6.45, 7) is 12.1. The van der Waals surface area contributed by atoms with Crippen molar-refractivity contribution in [2.45, 2.75) is 26.7 Å². The normalized spacial score (nSPS) is 10.0. The standard InChI is InChI=1S/C14H26N4O2/c1-11(2)13(19)17(9-5-7-15)18(10-6-8-16)14(20)12(3)4/h1,3,5-10,15-16H2,2,4H3. The number of hydrogen-bond acceptors (Lipinski definition) is 4. The maximum atomic E-state index is 12.2. The van der Waals surface area contributed by atoms with Crippen molar-refractivity contribution in [2.24, 2.45) is 11.5 Å². The fourth-order valence-corrected chi connectivity index (χ4v) is 1.59. The minimum atomic E-state index is -0.287. The van der Waals surface area contributed by atoms with Gasteiger partial charge < -0.3 is 11.5 Å². The van der Waals surface area contributed by atoms with Crippen molar-refractivity contribution in [3.8, 4) is 0 Å². The second kappa shape index (κ2) is 9.28. The van der Waals surface area contributed by atoms with Crippen molar-refractivity contribution < 1.29 is 9.59 Å². The highest BCUT2D eigenvalue weighted by atomic mass is 16.2. The number of carbonyl (C=O) groups is 2. The van der Waals surface area contributed by atoms with E-state index >= 15 is 0 Å². The third-order valence-corrected chi connectivity index (χ3v) is 2.64. The predicted octanol–water partition coefficient (Wildman–Crippen LogP) is 0.408. The molecular formula is C14H26N4O2. The predicted molar refractivity (Wildman–Crippen MR) is 80.4 cm³/mol. The number of carbonyl (C=O) groups excluding carboxylic acids is 2. The molecule has 0 fully saturated rings. The molecule has 0 unspecified atom stereocenters. The third kappa shape index (κ3) is 5.54. The van der Waals surface area contributed by atoms with Crippen molar-refractivity contribution in [1.82, 2.24) is 10.0 Å². The molecule has 2 amide bonds. The van der Waals surface area contributed by atoms with Crippen molar-refractivity contribution >= 4 is 11.8 Å². The molecule has 20 heavy (non-hydrogen) atoms. The molecule has 6 heteroatoms. The highest BCUT2D eigenvalue weighted by Crippen LogP contribution is 2.10. The van der Waals surface area contributed by atoms with E-state index in [2.05, 4.69) is 13.2 Å². The highest BCUT2D eigenvalue weighted by Gasteiger charge is 2.25. The summed E-state index contributed by atoms with van der Waals surface area (Å²) in [5, 5.41) is 2.78. The summed E-state index contributed by atoms with van der Waals surface area (Å²) >= 11 is 0. The van der Waals surface area contributed by atoms with Crippen LogP contribution < -0.4 is 11.5 Å². The maximum absolute atomic E-state index is 12.2. The average Bonchev–Trinajstić information content (AvgIpc) is 2.40. The van der Waals surface area contributed by atoms with Gasteiger partial charge in [0.15, 0.2) is 0 Å². The topological polar surface area (TPSA) is 92.7 Å². The van der Waals surface area contributed by atoms with Crippen LogP contribution in [0.2, 0.25) is 0 Å². The van der Waals surface area contributed by atoms with E-state index in [9.17, 15) is 9.59 Å². The molecule has 0 bridgehead atoms. The van der Waals surface area contributed by atoms with E-state index in [1.807, 2.05) is 0 Å². The van der Waals surface area contributed by atoms with Gasteiger partial charge in [-0.3, -0.25) is 9.59 Å². The first-order chi connectivity index (χ1) is 9.36. The Morgan fingerprint density at radius 1 is 0.850 bits per heavy atom. The number of rotatable bonds is 8. The molecule has 4 N–H and O–H groups in total. The summed E-state index contributed by atoms with van der Waals surface area (Å²) < 4.78 is 0. The number of nitrogens with two attached hydrogens (primary N) is 2. The second-order valence-corrected chi connectivity index (χ2v) is 4.70. The Morgan fingerprint density at radius 3 is 1.35 bits per heavy atom. The van der Waals surface area contributed by atoms with E-state index in [-0.39, 0.29) is 11.8 Å². The molecule has 0 aliphatic rings. The molecule has 0 aromatic rings. The summed E-state index contributed by atoms with van der Waals surface area (Å²) in [5.41, 5.74) is 11.7. The highest BCUT2D eigenvalue weighted by molar-refractivity contribution is 5.97. The molecule has 0 saturated carbocycles. The lowest BCUT2D eigenvalue weighted by molar-refractivity contribution is -0.158. The Bertz CT molecular complexity index is 343. The van der Waals surface area contributed by atoms with Crippen molar-refractivity contribution in [3.05, 3.63) is 24.3 Å². The fraction of sp³-hybridized carbons (Fsp3) is 0.571. The molecular weight excluding hydrogens is 256 g/mol. The molecule has 0 aromatic carbocycles. The summed E-state index contributed by atoms with van der Waals surface area (Å²) in [5.74, 6) is -0.574. The smallest absolute Gasteiger partial charge is 0.267 e. The average molecular weight is 282 g/mol. The Labute approximate surface area is 121 Å². The van der Waals surface area contributed by atoms with Crippen LogP contribution in [0, 0.1) is 0 Å². The lowest BCUT2D eigenvalue weighted by Crippen LogP contribution is -2.51. The zero-order chi connectivity index (χ0) is 15.7. The lowest BCUT2D eigenvalue weighted by atomic mass is 10.2. The largest absolute Gasteiger partial charge is 0.330 e. The van der Waals surface area contributed by atoms with Crippen LogP contribution in [0.3, 0.4) is 0 Å². The van der Waals surface area contributed by atoms with Gasteiger partial charge in [-0.15, -0.1) is 0 Å².